The van der Waals surface area contributed by atoms with Crippen LogP contribution in [0.3, 0.4) is 0 Å². The van der Waals surface area contributed by atoms with Crippen molar-refractivity contribution in [1.29, 1.82) is 0 Å². The van der Waals surface area contributed by atoms with E-state index in [0.29, 0.717) is 23.5 Å². The number of nitrogens with one attached hydrogen (secondary N) is 1. The van der Waals surface area contributed by atoms with Gasteiger partial charge in [-0.2, -0.15) is 0 Å². The average Bonchev–Trinajstić information content (AvgIpc) is 3.31. The van der Waals surface area contributed by atoms with Crippen LogP contribution in [0.25, 0.3) is 11.3 Å². The second-order valence-electron chi connectivity index (χ2n) is 6.37. The number of rotatable bonds is 3. The molecule has 138 valence electrons. The van der Waals surface area contributed by atoms with Gasteiger partial charge < -0.3 is 10.2 Å². The minimum atomic E-state index is -0.398. The van der Waals surface area contributed by atoms with Crippen molar-refractivity contribution in [3.63, 3.8) is 0 Å². The first kappa shape index (κ1) is 17.6. The number of likely N-dealkylation sites (tertiary alicyclic amines) is 1. The topological polar surface area (TPSA) is 45.2 Å². The molecular formula is C20H17F2N3OS. The summed E-state index contributed by atoms with van der Waals surface area (Å²) in [6, 6.07) is 11.7. The molecule has 4 rings (SSSR count). The van der Waals surface area contributed by atoms with Crippen molar-refractivity contribution in [2.75, 3.05) is 11.9 Å². The number of carbonyl (C=O) groups is 1. The Labute approximate surface area is 159 Å². The number of halogens is 2. The highest BCUT2D eigenvalue weighted by molar-refractivity contribution is 7.10. The van der Waals surface area contributed by atoms with Crippen LogP contribution in [0.4, 0.5) is 19.3 Å². The first-order valence-electron chi connectivity index (χ1n) is 8.65. The number of nitrogens with zero attached hydrogens (tertiary/aromatic N) is 2. The van der Waals surface area contributed by atoms with E-state index in [1.807, 2.05) is 11.4 Å². The van der Waals surface area contributed by atoms with Crippen LogP contribution in [0.2, 0.25) is 0 Å². The molecule has 1 atom stereocenters. The van der Waals surface area contributed by atoms with Gasteiger partial charge in [-0.1, -0.05) is 18.2 Å². The van der Waals surface area contributed by atoms with Gasteiger partial charge in [-0.3, -0.25) is 0 Å². The van der Waals surface area contributed by atoms with E-state index in [1.54, 1.807) is 23.1 Å². The van der Waals surface area contributed by atoms with Crippen molar-refractivity contribution in [3.05, 3.63) is 70.6 Å². The van der Waals surface area contributed by atoms with Crippen LogP contribution in [-0.4, -0.2) is 22.5 Å². The molecule has 3 aromatic rings. The first-order chi connectivity index (χ1) is 13.1. The Morgan fingerprint density at radius 1 is 1.15 bits per heavy atom. The van der Waals surface area contributed by atoms with E-state index >= 15 is 0 Å². The molecule has 2 amide bonds. The molecule has 0 unspecified atom stereocenters. The highest BCUT2D eigenvalue weighted by Gasteiger charge is 2.32. The third kappa shape index (κ3) is 3.83. The van der Waals surface area contributed by atoms with Crippen LogP contribution in [0.5, 0.6) is 0 Å². The predicted molar refractivity (Wildman–Crippen MR) is 102 cm³/mol. The number of aromatic nitrogens is 1. The Hall–Kier alpha value is -2.80. The van der Waals surface area contributed by atoms with E-state index in [9.17, 15) is 13.6 Å². The summed E-state index contributed by atoms with van der Waals surface area (Å²) in [7, 11) is 0. The maximum atomic E-state index is 13.5. The van der Waals surface area contributed by atoms with Gasteiger partial charge in [0.2, 0.25) is 0 Å². The summed E-state index contributed by atoms with van der Waals surface area (Å²) < 4.78 is 26.8. The van der Waals surface area contributed by atoms with Crippen molar-refractivity contribution in [2.45, 2.75) is 18.9 Å². The van der Waals surface area contributed by atoms with Crippen LogP contribution < -0.4 is 5.32 Å². The average molecular weight is 385 g/mol. The van der Waals surface area contributed by atoms with Gasteiger partial charge in [0.05, 0.1) is 11.7 Å². The number of urea groups is 1. The zero-order valence-electron chi connectivity index (χ0n) is 14.4. The fourth-order valence-corrected chi connectivity index (χ4v) is 4.22. The first-order valence-corrected chi connectivity index (χ1v) is 9.53. The van der Waals surface area contributed by atoms with Gasteiger partial charge in [-0.15, -0.1) is 11.3 Å². The predicted octanol–water partition coefficient (Wildman–Crippen LogP) is 5.46. The fourth-order valence-electron chi connectivity index (χ4n) is 3.25. The molecule has 4 nitrogen and oxygen atoms in total. The van der Waals surface area contributed by atoms with Crippen molar-refractivity contribution >= 4 is 23.1 Å². The van der Waals surface area contributed by atoms with Gasteiger partial charge >= 0.3 is 6.03 Å². The molecule has 7 heteroatoms. The number of anilines is 1. The monoisotopic (exact) mass is 385 g/mol. The molecule has 0 aliphatic carbocycles. The van der Waals surface area contributed by atoms with Gasteiger partial charge in [0.25, 0.3) is 0 Å². The maximum absolute atomic E-state index is 13.5. The summed E-state index contributed by atoms with van der Waals surface area (Å²) in [5.74, 6) is -0.704. The quantitative estimate of drug-likeness (QED) is 0.651. The number of amides is 2. The lowest BCUT2D eigenvalue weighted by Gasteiger charge is -2.23. The molecule has 1 aromatic heterocycles. The molecule has 1 aliphatic rings. The Balaban J connectivity index is 1.52. The van der Waals surface area contributed by atoms with Crippen LogP contribution >= 0.6 is 11.3 Å². The highest BCUT2D eigenvalue weighted by atomic mass is 32.1. The Morgan fingerprint density at radius 2 is 1.93 bits per heavy atom. The zero-order valence-corrected chi connectivity index (χ0v) is 15.2. The molecule has 0 saturated carbocycles. The molecule has 1 aliphatic heterocycles. The summed E-state index contributed by atoms with van der Waals surface area (Å²) in [6.07, 6.45) is 1.68. The molecule has 2 heterocycles. The highest BCUT2D eigenvalue weighted by Crippen LogP contribution is 2.36. The van der Waals surface area contributed by atoms with E-state index < -0.39 is 5.82 Å². The molecule has 0 spiro atoms. The zero-order chi connectivity index (χ0) is 18.8. The van der Waals surface area contributed by atoms with E-state index in [2.05, 4.69) is 10.3 Å². The van der Waals surface area contributed by atoms with E-state index in [0.717, 1.165) is 17.8 Å². The van der Waals surface area contributed by atoms with Gasteiger partial charge in [-0.05, 0) is 43.2 Å². The molecule has 1 fully saturated rings. The molecular weight excluding hydrogens is 368 g/mol. The molecule has 0 radical (unpaired) electrons. The molecule has 27 heavy (non-hydrogen) atoms. The van der Waals surface area contributed by atoms with E-state index in [1.165, 1.54) is 35.6 Å². The normalized spacial score (nSPS) is 16.5. The van der Waals surface area contributed by atoms with Crippen molar-refractivity contribution < 1.29 is 13.6 Å². The Kier molecular flexibility index (Phi) is 4.85. The largest absolute Gasteiger partial charge is 0.322 e. The SMILES string of the molecule is O=C(Nc1cccc(F)c1)N1CCC[C@H]1c1nc(-c2cccc(F)c2)cs1. The van der Waals surface area contributed by atoms with Crippen LogP contribution in [-0.2, 0) is 0 Å². The van der Waals surface area contributed by atoms with E-state index in [4.69, 9.17) is 0 Å². The van der Waals surface area contributed by atoms with Crippen molar-refractivity contribution in [1.82, 2.24) is 9.88 Å². The number of carbonyl (C=O) groups excluding carboxylic acids is 1. The van der Waals surface area contributed by atoms with Crippen molar-refractivity contribution in [2.24, 2.45) is 0 Å². The van der Waals surface area contributed by atoms with Crippen LogP contribution in [0.1, 0.15) is 23.9 Å². The Bertz CT molecular complexity index is 975. The molecule has 1 N–H and O–H groups in total. The summed E-state index contributed by atoms with van der Waals surface area (Å²) in [6.45, 7) is 0.612. The summed E-state index contributed by atoms with van der Waals surface area (Å²) in [4.78, 5) is 19.0. The minimum absolute atomic E-state index is 0.133. The smallest absolute Gasteiger partial charge is 0.315 e. The summed E-state index contributed by atoms with van der Waals surface area (Å²) in [5.41, 5.74) is 1.84. The fraction of sp³-hybridized carbons (Fsp3) is 0.200. The lowest BCUT2D eigenvalue weighted by Crippen LogP contribution is -2.34. The lowest BCUT2D eigenvalue weighted by atomic mass is 10.1. The number of thiazole rings is 1. The molecule has 1 saturated heterocycles. The number of benzene rings is 2. The van der Waals surface area contributed by atoms with Gasteiger partial charge in [0.15, 0.2) is 0 Å². The van der Waals surface area contributed by atoms with Crippen LogP contribution in [0, 0.1) is 11.6 Å². The third-order valence-electron chi connectivity index (χ3n) is 4.52. The second-order valence-corrected chi connectivity index (χ2v) is 7.26. The Morgan fingerprint density at radius 3 is 2.70 bits per heavy atom. The van der Waals surface area contributed by atoms with Crippen molar-refractivity contribution in [3.8, 4) is 11.3 Å². The molecule has 0 bridgehead atoms. The number of hydrogen-bond acceptors (Lipinski definition) is 3. The summed E-state index contributed by atoms with van der Waals surface area (Å²) >= 11 is 1.46. The van der Waals surface area contributed by atoms with Gasteiger partial charge in [0, 0.05) is 23.2 Å². The lowest BCUT2D eigenvalue weighted by molar-refractivity contribution is 0.207. The second kappa shape index (κ2) is 7.44. The number of hydrogen-bond donors (Lipinski definition) is 1. The maximum Gasteiger partial charge on any atom is 0.322 e. The third-order valence-corrected chi connectivity index (χ3v) is 5.46. The molecule has 2 aromatic carbocycles. The van der Waals surface area contributed by atoms with Crippen LogP contribution in [0.15, 0.2) is 53.9 Å². The van der Waals surface area contributed by atoms with Gasteiger partial charge in [-0.25, -0.2) is 18.6 Å². The standard InChI is InChI=1S/C20H17F2N3OS/c21-14-5-1-4-13(10-14)17-12-27-19(24-17)18-8-3-9-25(18)20(26)23-16-7-2-6-15(22)11-16/h1-2,4-7,10-12,18H,3,8-9H2,(H,23,26)/t18-/m0/s1. The van der Waals surface area contributed by atoms with Gasteiger partial charge in [0.1, 0.15) is 16.6 Å². The minimum Gasteiger partial charge on any atom is -0.315 e. The summed E-state index contributed by atoms with van der Waals surface area (Å²) in [5, 5.41) is 5.45. The van der Waals surface area contributed by atoms with E-state index in [-0.39, 0.29) is 17.9 Å².